The highest BCUT2D eigenvalue weighted by Crippen LogP contribution is 2.28. The molecule has 0 saturated carbocycles. The van der Waals surface area contributed by atoms with E-state index in [1.807, 2.05) is 29.2 Å². The molecule has 142 valence electrons. The second kappa shape index (κ2) is 8.02. The monoisotopic (exact) mass is 369 g/mol. The average molecular weight is 369 g/mol. The van der Waals surface area contributed by atoms with Gasteiger partial charge < -0.3 is 10.2 Å². The van der Waals surface area contributed by atoms with Gasteiger partial charge in [-0.25, -0.2) is 14.8 Å². The zero-order chi connectivity index (χ0) is 18.6. The minimum Gasteiger partial charge on any atom is -0.367 e. The smallest absolute Gasteiger partial charge is 0.229 e. The van der Waals surface area contributed by atoms with Crippen molar-refractivity contribution in [1.82, 2.24) is 20.7 Å². The number of anilines is 1. The van der Waals surface area contributed by atoms with Gasteiger partial charge in [0.05, 0.1) is 12.0 Å². The van der Waals surface area contributed by atoms with Crippen molar-refractivity contribution in [3.63, 3.8) is 0 Å². The maximum atomic E-state index is 13.6. The zero-order valence-electron chi connectivity index (χ0n) is 15.1. The van der Waals surface area contributed by atoms with E-state index in [1.165, 1.54) is 12.1 Å². The summed E-state index contributed by atoms with van der Waals surface area (Å²) in [6.07, 6.45) is 3.55. The Balaban J connectivity index is 1.36. The van der Waals surface area contributed by atoms with Crippen molar-refractivity contribution in [3.8, 4) is 0 Å². The van der Waals surface area contributed by atoms with Gasteiger partial charge in [0.25, 0.3) is 0 Å². The number of pyridine rings is 1. The van der Waals surface area contributed by atoms with Gasteiger partial charge in [0.1, 0.15) is 11.6 Å². The Morgan fingerprint density at radius 3 is 2.78 bits per heavy atom. The summed E-state index contributed by atoms with van der Waals surface area (Å²) in [4.78, 5) is 19.3. The molecule has 2 aromatic rings. The Kier molecular flexibility index (Phi) is 5.31. The minimum atomic E-state index is -0.284. The molecular weight excluding hydrogens is 345 g/mol. The quantitative estimate of drug-likeness (QED) is 0.770. The molecule has 2 saturated heterocycles. The van der Waals surface area contributed by atoms with Crippen LogP contribution >= 0.6 is 0 Å². The molecule has 6 nitrogen and oxygen atoms in total. The van der Waals surface area contributed by atoms with Gasteiger partial charge in [-0.05, 0) is 42.7 Å². The highest BCUT2D eigenvalue weighted by atomic mass is 19.1. The normalized spacial score (nSPS) is 23.4. The fourth-order valence-corrected chi connectivity index (χ4v) is 3.88. The second-order valence-electron chi connectivity index (χ2n) is 7.12. The number of nitrogens with one attached hydrogen (secondary N) is 3. The van der Waals surface area contributed by atoms with Gasteiger partial charge in [0, 0.05) is 31.9 Å². The number of benzene rings is 1. The summed E-state index contributed by atoms with van der Waals surface area (Å²) in [5.74, 6) is 0.483. The molecule has 0 spiro atoms. The van der Waals surface area contributed by atoms with Crippen LogP contribution in [0.15, 0.2) is 48.7 Å². The fraction of sp³-hybridized carbons (Fsp3) is 0.400. The predicted molar refractivity (Wildman–Crippen MR) is 101 cm³/mol. The lowest BCUT2D eigenvalue weighted by Gasteiger charge is -2.35. The molecule has 4 rings (SSSR count). The number of hydrogen-bond acceptors (Lipinski definition) is 5. The van der Waals surface area contributed by atoms with Crippen molar-refractivity contribution in [2.24, 2.45) is 5.92 Å². The molecule has 1 amide bonds. The number of hydrazine groups is 1. The SMILES string of the molecule is O=C(C1CNNC1c1cccc(F)c1)N1CCC(Nc2ccccn2)CC1. The first kappa shape index (κ1) is 17.9. The maximum absolute atomic E-state index is 13.6. The van der Waals surface area contributed by atoms with E-state index in [2.05, 4.69) is 21.2 Å². The third-order valence-corrected chi connectivity index (χ3v) is 5.33. The number of likely N-dealkylation sites (tertiary alicyclic amines) is 1. The lowest BCUT2D eigenvalue weighted by atomic mass is 9.92. The van der Waals surface area contributed by atoms with Crippen LogP contribution in [0.2, 0.25) is 0 Å². The van der Waals surface area contributed by atoms with Crippen LogP contribution in [0, 0.1) is 11.7 Å². The Morgan fingerprint density at radius 1 is 1.19 bits per heavy atom. The molecule has 2 aliphatic heterocycles. The Morgan fingerprint density at radius 2 is 2.04 bits per heavy atom. The Labute approximate surface area is 158 Å². The maximum Gasteiger partial charge on any atom is 0.229 e. The van der Waals surface area contributed by atoms with Gasteiger partial charge in [-0.15, -0.1) is 0 Å². The number of piperidine rings is 1. The van der Waals surface area contributed by atoms with Crippen LogP contribution in [0.3, 0.4) is 0 Å². The van der Waals surface area contributed by atoms with Gasteiger partial charge in [-0.1, -0.05) is 18.2 Å². The van der Waals surface area contributed by atoms with E-state index in [-0.39, 0.29) is 23.7 Å². The van der Waals surface area contributed by atoms with Crippen LogP contribution in [-0.4, -0.2) is 41.5 Å². The van der Waals surface area contributed by atoms with Gasteiger partial charge >= 0.3 is 0 Å². The molecule has 2 atom stereocenters. The van der Waals surface area contributed by atoms with Crippen LogP contribution < -0.4 is 16.2 Å². The zero-order valence-corrected chi connectivity index (χ0v) is 15.1. The molecule has 0 radical (unpaired) electrons. The number of aromatic nitrogens is 1. The first-order chi connectivity index (χ1) is 13.2. The van der Waals surface area contributed by atoms with Gasteiger partial charge in [-0.3, -0.25) is 10.2 Å². The topological polar surface area (TPSA) is 69.3 Å². The van der Waals surface area contributed by atoms with E-state index in [0.29, 0.717) is 12.6 Å². The van der Waals surface area contributed by atoms with Crippen molar-refractivity contribution in [2.75, 3.05) is 25.0 Å². The Bertz CT molecular complexity index is 779. The van der Waals surface area contributed by atoms with Crippen LogP contribution in [-0.2, 0) is 4.79 Å². The second-order valence-corrected chi connectivity index (χ2v) is 7.12. The number of nitrogens with zero attached hydrogens (tertiary/aromatic N) is 2. The fourth-order valence-electron chi connectivity index (χ4n) is 3.88. The predicted octanol–water partition coefficient (Wildman–Crippen LogP) is 2.09. The molecule has 3 heterocycles. The number of carbonyl (C=O) groups excluding carboxylic acids is 1. The molecule has 1 aromatic carbocycles. The van der Waals surface area contributed by atoms with Crippen molar-refractivity contribution >= 4 is 11.7 Å². The molecular formula is C20H24FN5O. The lowest BCUT2D eigenvalue weighted by Crippen LogP contribution is -2.46. The van der Waals surface area contributed by atoms with E-state index in [4.69, 9.17) is 0 Å². The summed E-state index contributed by atoms with van der Waals surface area (Å²) in [6.45, 7) is 1.98. The first-order valence-corrected chi connectivity index (χ1v) is 9.41. The summed E-state index contributed by atoms with van der Waals surface area (Å²) in [7, 11) is 0. The highest BCUT2D eigenvalue weighted by molar-refractivity contribution is 5.80. The summed E-state index contributed by atoms with van der Waals surface area (Å²) >= 11 is 0. The molecule has 2 aliphatic rings. The summed E-state index contributed by atoms with van der Waals surface area (Å²) in [6, 6.07) is 12.4. The van der Waals surface area contributed by atoms with Gasteiger partial charge in [-0.2, -0.15) is 0 Å². The largest absolute Gasteiger partial charge is 0.367 e. The molecule has 3 N–H and O–H groups in total. The van der Waals surface area contributed by atoms with E-state index >= 15 is 0 Å². The van der Waals surface area contributed by atoms with Crippen molar-refractivity contribution in [1.29, 1.82) is 0 Å². The van der Waals surface area contributed by atoms with Gasteiger partial charge in [0.2, 0.25) is 5.91 Å². The number of amides is 1. The van der Waals surface area contributed by atoms with E-state index in [1.54, 1.807) is 12.3 Å². The summed E-state index contributed by atoms with van der Waals surface area (Å²) in [5, 5.41) is 3.44. The van der Waals surface area contributed by atoms with Crippen LogP contribution in [0.5, 0.6) is 0 Å². The van der Waals surface area contributed by atoms with Crippen LogP contribution in [0.4, 0.5) is 10.2 Å². The summed E-state index contributed by atoms with van der Waals surface area (Å²) < 4.78 is 13.6. The van der Waals surface area contributed by atoms with E-state index < -0.39 is 0 Å². The summed E-state index contributed by atoms with van der Waals surface area (Å²) in [5.41, 5.74) is 6.98. The third kappa shape index (κ3) is 4.09. The standard InChI is InChI=1S/C20H24FN5O/c21-15-5-3-4-14(12-15)19-17(13-23-25-19)20(27)26-10-7-16(8-11-26)24-18-6-1-2-9-22-18/h1-6,9,12,16-17,19,23,25H,7-8,10-11,13H2,(H,22,24). The van der Waals surface area contributed by atoms with Crippen molar-refractivity contribution in [2.45, 2.75) is 24.9 Å². The number of hydrogen-bond donors (Lipinski definition) is 3. The molecule has 2 fully saturated rings. The number of halogens is 1. The van der Waals surface area contributed by atoms with Crippen LogP contribution in [0.1, 0.15) is 24.4 Å². The highest BCUT2D eigenvalue weighted by Gasteiger charge is 2.37. The van der Waals surface area contributed by atoms with Crippen LogP contribution in [0.25, 0.3) is 0 Å². The minimum absolute atomic E-state index is 0.123. The molecule has 7 heteroatoms. The molecule has 0 bridgehead atoms. The van der Waals surface area contributed by atoms with E-state index in [0.717, 1.165) is 37.3 Å². The molecule has 2 unspecified atom stereocenters. The molecule has 27 heavy (non-hydrogen) atoms. The first-order valence-electron chi connectivity index (χ1n) is 9.41. The molecule has 0 aliphatic carbocycles. The average Bonchev–Trinajstić information content (AvgIpc) is 3.19. The van der Waals surface area contributed by atoms with E-state index in [9.17, 15) is 9.18 Å². The number of rotatable bonds is 4. The van der Waals surface area contributed by atoms with Crippen molar-refractivity contribution < 1.29 is 9.18 Å². The number of carbonyl (C=O) groups is 1. The van der Waals surface area contributed by atoms with Gasteiger partial charge in [0.15, 0.2) is 0 Å². The Hall–Kier alpha value is -2.51. The van der Waals surface area contributed by atoms with Crippen molar-refractivity contribution in [3.05, 3.63) is 60.0 Å². The lowest BCUT2D eigenvalue weighted by molar-refractivity contribution is -0.136. The third-order valence-electron chi connectivity index (χ3n) is 5.33. The molecule has 1 aromatic heterocycles.